The fraction of sp³-hybridized carbons (Fsp3) is 0.136. The molecule has 0 aliphatic carbocycles. The zero-order valence-corrected chi connectivity index (χ0v) is 30.0. The van der Waals surface area contributed by atoms with Crippen LogP contribution in [0.15, 0.2) is 146 Å². The lowest BCUT2D eigenvalue weighted by Crippen LogP contribution is -2.36. The van der Waals surface area contributed by atoms with Crippen molar-refractivity contribution in [1.82, 2.24) is 24.7 Å². The van der Waals surface area contributed by atoms with Gasteiger partial charge in [-0.3, -0.25) is 9.67 Å². The van der Waals surface area contributed by atoms with E-state index in [0.717, 1.165) is 33.6 Å². The van der Waals surface area contributed by atoms with Gasteiger partial charge in [-0.05, 0) is 77.7 Å². The Kier molecular flexibility index (Phi) is 9.42. The molecule has 5 aromatic carbocycles. The van der Waals surface area contributed by atoms with Crippen LogP contribution in [0.3, 0.4) is 0 Å². The molecule has 0 saturated heterocycles. The number of nitrogens with one attached hydrogen (secondary N) is 1. The molecule has 1 atom stereocenters. The second-order valence-corrected chi connectivity index (χ2v) is 13.0. The second kappa shape index (κ2) is 14.8. The van der Waals surface area contributed by atoms with Crippen molar-refractivity contribution in [2.75, 3.05) is 19.0 Å². The van der Waals surface area contributed by atoms with Gasteiger partial charge in [-0.25, -0.2) is 14.4 Å². The average Bonchev–Trinajstić information content (AvgIpc) is 3.66. The molecular weight excluding hydrogens is 680 g/mol. The quantitative estimate of drug-likeness (QED) is 0.125. The fourth-order valence-electron chi connectivity index (χ4n) is 6.83. The molecule has 0 aliphatic rings. The van der Waals surface area contributed by atoms with Crippen LogP contribution in [0.4, 0.5) is 15.9 Å². The second-order valence-electron chi connectivity index (χ2n) is 13.0. The lowest BCUT2D eigenvalue weighted by molar-refractivity contribution is -0.0253. The van der Waals surface area contributed by atoms with Gasteiger partial charge in [-0.1, -0.05) is 72.8 Å². The van der Waals surface area contributed by atoms with Gasteiger partial charge in [-0.2, -0.15) is 5.10 Å². The SMILES string of the molecule is COc1ccc(C(OC[C@@H](C)Oc2cc(-c3cnn(C)c3)cc3ncnc(Nc4ccc5ncccc5c4F)c23)(c2ccccc2)c2ccccc2)cc1. The molecular formula is C44H37FN6O3. The maximum absolute atomic E-state index is 15.8. The molecule has 0 spiro atoms. The highest BCUT2D eigenvalue weighted by Gasteiger charge is 2.38. The zero-order chi connectivity index (χ0) is 37.1. The van der Waals surface area contributed by atoms with Gasteiger partial charge in [-0.15, -0.1) is 0 Å². The van der Waals surface area contributed by atoms with Crippen molar-refractivity contribution < 1.29 is 18.6 Å². The molecule has 0 aliphatic heterocycles. The highest BCUT2D eigenvalue weighted by atomic mass is 19.1. The van der Waals surface area contributed by atoms with Crippen LogP contribution in [0.2, 0.25) is 0 Å². The summed E-state index contributed by atoms with van der Waals surface area (Å²) in [4.78, 5) is 13.5. The third-order valence-corrected chi connectivity index (χ3v) is 9.43. The van der Waals surface area contributed by atoms with Gasteiger partial charge in [0.2, 0.25) is 0 Å². The number of benzene rings is 5. The summed E-state index contributed by atoms with van der Waals surface area (Å²) < 4.78 is 37.0. The number of pyridine rings is 1. The maximum Gasteiger partial charge on any atom is 0.156 e. The molecule has 10 heteroatoms. The molecule has 8 aromatic rings. The number of hydrogen-bond donors (Lipinski definition) is 1. The molecule has 0 fully saturated rings. The van der Waals surface area contributed by atoms with Crippen LogP contribution in [0.5, 0.6) is 11.5 Å². The van der Waals surface area contributed by atoms with Crippen molar-refractivity contribution in [1.29, 1.82) is 0 Å². The van der Waals surface area contributed by atoms with Crippen LogP contribution < -0.4 is 14.8 Å². The molecule has 0 saturated carbocycles. The summed E-state index contributed by atoms with van der Waals surface area (Å²) in [6.07, 6.45) is 6.34. The fourth-order valence-corrected chi connectivity index (χ4v) is 6.83. The summed E-state index contributed by atoms with van der Waals surface area (Å²) in [6.45, 7) is 2.15. The molecule has 0 bridgehead atoms. The third-order valence-electron chi connectivity index (χ3n) is 9.43. The van der Waals surface area contributed by atoms with Crippen molar-refractivity contribution in [3.63, 3.8) is 0 Å². The number of anilines is 2. The number of fused-ring (bicyclic) bond motifs is 2. The number of rotatable bonds is 12. The summed E-state index contributed by atoms with van der Waals surface area (Å²) in [7, 11) is 3.52. The van der Waals surface area contributed by atoms with Crippen LogP contribution in [-0.2, 0) is 17.4 Å². The summed E-state index contributed by atoms with van der Waals surface area (Å²) in [5, 5.41) is 8.60. The van der Waals surface area contributed by atoms with Gasteiger partial charge in [0, 0.05) is 30.4 Å². The summed E-state index contributed by atoms with van der Waals surface area (Å²) in [6, 6.07) is 39.0. The minimum atomic E-state index is -0.982. The van der Waals surface area contributed by atoms with E-state index in [1.807, 2.05) is 93.0 Å². The predicted octanol–water partition coefficient (Wildman–Crippen LogP) is 9.25. The Morgan fingerprint density at radius 1 is 0.778 bits per heavy atom. The Hall–Kier alpha value is -6.65. The lowest BCUT2D eigenvalue weighted by Gasteiger charge is -2.37. The Bertz CT molecular complexity index is 2510. The molecule has 8 rings (SSSR count). The lowest BCUT2D eigenvalue weighted by atomic mass is 9.80. The summed E-state index contributed by atoms with van der Waals surface area (Å²) >= 11 is 0. The number of aryl methyl sites for hydroxylation is 1. The molecule has 268 valence electrons. The van der Waals surface area contributed by atoms with Crippen LogP contribution in [-0.4, -0.2) is 44.6 Å². The first-order chi connectivity index (χ1) is 26.4. The van der Waals surface area contributed by atoms with E-state index in [-0.39, 0.29) is 12.3 Å². The Morgan fingerprint density at radius 2 is 1.50 bits per heavy atom. The van der Waals surface area contributed by atoms with Crippen LogP contribution >= 0.6 is 0 Å². The van der Waals surface area contributed by atoms with E-state index in [4.69, 9.17) is 14.2 Å². The maximum atomic E-state index is 15.8. The van der Waals surface area contributed by atoms with E-state index in [0.29, 0.717) is 33.4 Å². The predicted molar refractivity (Wildman–Crippen MR) is 209 cm³/mol. The van der Waals surface area contributed by atoms with Crippen molar-refractivity contribution in [2.24, 2.45) is 7.05 Å². The normalized spacial score (nSPS) is 12.1. The first-order valence-electron chi connectivity index (χ1n) is 17.6. The Balaban J connectivity index is 1.20. The summed E-state index contributed by atoms with van der Waals surface area (Å²) in [5.74, 6) is 1.21. The Labute approximate surface area is 312 Å². The molecule has 0 amide bonds. The highest BCUT2D eigenvalue weighted by Crippen LogP contribution is 2.42. The van der Waals surface area contributed by atoms with Gasteiger partial charge in [0.1, 0.15) is 35.3 Å². The number of ether oxygens (including phenoxy) is 3. The molecule has 0 unspecified atom stereocenters. The zero-order valence-electron chi connectivity index (χ0n) is 30.0. The van der Waals surface area contributed by atoms with Gasteiger partial charge in [0.15, 0.2) is 5.82 Å². The van der Waals surface area contributed by atoms with Crippen LogP contribution in [0.1, 0.15) is 23.6 Å². The van der Waals surface area contributed by atoms with E-state index in [9.17, 15) is 0 Å². The smallest absolute Gasteiger partial charge is 0.156 e. The largest absolute Gasteiger partial charge is 0.497 e. The minimum absolute atomic E-state index is 0.192. The van der Waals surface area contributed by atoms with Gasteiger partial charge in [0.25, 0.3) is 0 Å². The van der Waals surface area contributed by atoms with Crippen molar-refractivity contribution in [2.45, 2.75) is 18.6 Å². The molecule has 9 nitrogen and oxygen atoms in total. The Morgan fingerprint density at radius 3 is 2.19 bits per heavy atom. The number of nitrogens with zero attached hydrogens (tertiary/aromatic N) is 5. The average molecular weight is 717 g/mol. The van der Waals surface area contributed by atoms with Crippen LogP contribution in [0.25, 0.3) is 32.9 Å². The first-order valence-corrected chi connectivity index (χ1v) is 17.6. The molecule has 54 heavy (non-hydrogen) atoms. The molecule has 0 radical (unpaired) electrons. The number of aromatic nitrogens is 5. The standard InChI is InChI=1S/C44H37FN6O3/c1-29(27-53-44(32-11-6-4-7-12-32,33-13-8-5-9-14-33)34-16-18-35(52-3)19-17-34)54-40-24-30(31-25-49-51(2)26-31)23-39-41(40)43(48-28-47-39)50-38-21-20-37-36(42(38)45)15-10-22-46-37/h4-26,28-29H,27H2,1-3H3,(H,47,48,50)/t29-/m1/s1. The van der Waals surface area contributed by atoms with E-state index >= 15 is 4.39 Å². The van der Waals surface area contributed by atoms with E-state index in [1.54, 1.807) is 48.5 Å². The van der Waals surface area contributed by atoms with Crippen molar-refractivity contribution in [3.8, 4) is 22.6 Å². The van der Waals surface area contributed by atoms with E-state index < -0.39 is 17.5 Å². The topological polar surface area (TPSA) is 96.2 Å². The van der Waals surface area contributed by atoms with Gasteiger partial charge in [0.05, 0.1) is 42.0 Å². The van der Waals surface area contributed by atoms with Crippen LogP contribution in [0, 0.1) is 5.82 Å². The van der Waals surface area contributed by atoms with E-state index in [1.165, 1.54) is 6.33 Å². The number of methoxy groups -OCH3 is 1. The number of hydrogen-bond acceptors (Lipinski definition) is 8. The van der Waals surface area contributed by atoms with Crippen molar-refractivity contribution in [3.05, 3.63) is 169 Å². The first kappa shape index (κ1) is 34.4. The third kappa shape index (κ3) is 6.59. The highest BCUT2D eigenvalue weighted by molar-refractivity contribution is 5.99. The van der Waals surface area contributed by atoms with E-state index in [2.05, 4.69) is 49.6 Å². The van der Waals surface area contributed by atoms with Gasteiger partial charge >= 0.3 is 0 Å². The van der Waals surface area contributed by atoms with Gasteiger partial charge < -0.3 is 19.5 Å². The monoisotopic (exact) mass is 716 g/mol. The molecule has 1 N–H and O–H groups in total. The summed E-state index contributed by atoms with van der Waals surface area (Å²) in [5.41, 5.74) is 5.05. The number of halogens is 1. The molecule has 3 heterocycles. The minimum Gasteiger partial charge on any atom is -0.497 e. The van der Waals surface area contributed by atoms with Crippen molar-refractivity contribution >= 4 is 33.3 Å². The molecule has 3 aromatic heterocycles.